The number of carbonyl (C=O) groups excluding carboxylic acids is 2. The zero-order valence-corrected chi connectivity index (χ0v) is 16.3. The van der Waals surface area contributed by atoms with Crippen LogP contribution in [0.4, 0.5) is 10.1 Å². The number of piperidine rings is 1. The Kier molecular flexibility index (Phi) is 7.73. The van der Waals surface area contributed by atoms with Gasteiger partial charge in [0.05, 0.1) is 11.0 Å². The SMILES string of the molecule is CC(SCC(=O)Nc1ccc(F)cc1)C(=O)NC1CC2CCC(C1)N2.Cl. The summed E-state index contributed by atoms with van der Waals surface area (Å²) in [6, 6.07) is 6.93. The Morgan fingerprint density at radius 1 is 1.23 bits per heavy atom. The monoisotopic (exact) mass is 401 g/mol. The van der Waals surface area contributed by atoms with E-state index in [1.54, 1.807) is 0 Å². The number of rotatable bonds is 6. The Labute approximate surface area is 163 Å². The van der Waals surface area contributed by atoms with E-state index in [1.165, 1.54) is 48.9 Å². The van der Waals surface area contributed by atoms with Gasteiger partial charge >= 0.3 is 0 Å². The van der Waals surface area contributed by atoms with Crippen LogP contribution in [-0.2, 0) is 9.59 Å². The van der Waals surface area contributed by atoms with Gasteiger partial charge in [-0.25, -0.2) is 4.39 Å². The topological polar surface area (TPSA) is 70.2 Å². The fourth-order valence-corrected chi connectivity index (χ4v) is 4.19. The molecule has 8 heteroatoms. The number of thioether (sulfide) groups is 1. The van der Waals surface area contributed by atoms with E-state index in [0.29, 0.717) is 17.8 Å². The lowest BCUT2D eigenvalue weighted by Crippen LogP contribution is -2.49. The first-order valence-corrected chi connectivity index (χ1v) is 9.78. The molecule has 3 N–H and O–H groups in total. The first-order chi connectivity index (χ1) is 12.0. The number of fused-ring (bicyclic) bond motifs is 2. The first kappa shape index (κ1) is 21.0. The molecule has 0 aromatic heterocycles. The van der Waals surface area contributed by atoms with Crippen LogP contribution >= 0.6 is 24.2 Å². The molecule has 3 rings (SSSR count). The maximum atomic E-state index is 12.8. The summed E-state index contributed by atoms with van der Waals surface area (Å²) in [4.78, 5) is 24.3. The highest BCUT2D eigenvalue weighted by atomic mass is 35.5. The highest BCUT2D eigenvalue weighted by Gasteiger charge is 2.34. The van der Waals surface area contributed by atoms with Crippen LogP contribution in [0.25, 0.3) is 0 Å². The third-order valence-electron chi connectivity index (χ3n) is 4.78. The van der Waals surface area contributed by atoms with Gasteiger partial charge in [-0.15, -0.1) is 24.2 Å². The minimum Gasteiger partial charge on any atom is -0.352 e. The molecule has 0 saturated carbocycles. The van der Waals surface area contributed by atoms with Gasteiger partial charge in [0.15, 0.2) is 0 Å². The molecular weight excluding hydrogens is 377 g/mol. The number of halogens is 2. The summed E-state index contributed by atoms with van der Waals surface area (Å²) in [5.41, 5.74) is 0.550. The van der Waals surface area contributed by atoms with Crippen LogP contribution in [0.1, 0.15) is 32.6 Å². The lowest BCUT2D eigenvalue weighted by atomic mass is 10.00. The van der Waals surface area contributed by atoms with Crippen LogP contribution < -0.4 is 16.0 Å². The first-order valence-electron chi connectivity index (χ1n) is 8.73. The molecule has 3 unspecified atom stereocenters. The number of hydrogen-bond acceptors (Lipinski definition) is 4. The van der Waals surface area contributed by atoms with Crippen molar-refractivity contribution >= 4 is 41.7 Å². The molecule has 2 fully saturated rings. The summed E-state index contributed by atoms with van der Waals surface area (Å²) in [6.07, 6.45) is 4.38. The van der Waals surface area contributed by atoms with E-state index < -0.39 is 0 Å². The Balaban J connectivity index is 0.00000243. The molecule has 2 aliphatic rings. The normalized spacial score (nSPS) is 25.1. The zero-order chi connectivity index (χ0) is 17.8. The zero-order valence-electron chi connectivity index (χ0n) is 14.7. The molecule has 1 aromatic rings. The summed E-state index contributed by atoms with van der Waals surface area (Å²) in [7, 11) is 0. The van der Waals surface area contributed by atoms with E-state index in [0.717, 1.165) is 12.8 Å². The molecule has 26 heavy (non-hydrogen) atoms. The minimum atomic E-state index is -0.344. The summed E-state index contributed by atoms with van der Waals surface area (Å²) in [5.74, 6) is -0.366. The molecule has 0 radical (unpaired) electrons. The van der Waals surface area contributed by atoms with Crippen molar-refractivity contribution in [3.8, 4) is 0 Å². The van der Waals surface area contributed by atoms with Crippen molar-refractivity contribution in [2.24, 2.45) is 0 Å². The minimum absolute atomic E-state index is 0. The number of benzene rings is 1. The lowest BCUT2D eigenvalue weighted by Gasteiger charge is -2.30. The van der Waals surface area contributed by atoms with Crippen molar-refractivity contribution in [3.05, 3.63) is 30.1 Å². The molecule has 2 bridgehead atoms. The standard InChI is InChI=1S/C18H24FN3O2S.ClH/c1-11(18(24)22-16-8-14-6-7-15(9-16)20-14)25-10-17(23)21-13-4-2-12(19)3-5-13;/h2-5,11,14-16,20H,6-10H2,1H3,(H,21,23)(H,22,24);1H. The summed E-state index contributed by atoms with van der Waals surface area (Å²) >= 11 is 1.31. The van der Waals surface area contributed by atoms with E-state index in [9.17, 15) is 14.0 Å². The molecule has 0 aliphatic carbocycles. The fourth-order valence-electron chi connectivity index (χ4n) is 3.50. The van der Waals surface area contributed by atoms with Gasteiger partial charge in [-0.05, 0) is 56.9 Å². The molecular formula is C18H25ClFN3O2S. The van der Waals surface area contributed by atoms with Gasteiger partial charge < -0.3 is 16.0 Å². The summed E-state index contributed by atoms with van der Waals surface area (Å²) < 4.78 is 12.8. The average Bonchev–Trinajstić information content (AvgIpc) is 2.93. The molecule has 5 nitrogen and oxygen atoms in total. The molecule has 1 aromatic carbocycles. The summed E-state index contributed by atoms with van der Waals surface area (Å²) in [6.45, 7) is 1.82. The van der Waals surface area contributed by atoms with Gasteiger partial charge in [-0.1, -0.05) is 0 Å². The van der Waals surface area contributed by atoms with Crippen LogP contribution in [0.5, 0.6) is 0 Å². The van der Waals surface area contributed by atoms with Gasteiger partial charge in [0.25, 0.3) is 0 Å². The highest BCUT2D eigenvalue weighted by molar-refractivity contribution is 8.01. The van der Waals surface area contributed by atoms with Gasteiger partial charge in [0, 0.05) is 23.8 Å². The average molecular weight is 402 g/mol. The van der Waals surface area contributed by atoms with E-state index in [4.69, 9.17) is 0 Å². The maximum Gasteiger partial charge on any atom is 0.234 e. The smallest absolute Gasteiger partial charge is 0.234 e. The quantitative estimate of drug-likeness (QED) is 0.685. The number of hydrogen-bond donors (Lipinski definition) is 3. The van der Waals surface area contributed by atoms with Crippen LogP contribution in [0.2, 0.25) is 0 Å². The predicted molar refractivity (Wildman–Crippen MR) is 105 cm³/mol. The summed E-state index contributed by atoms with van der Waals surface area (Å²) in [5, 5.41) is 9.10. The van der Waals surface area contributed by atoms with E-state index in [2.05, 4.69) is 16.0 Å². The van der Waals surface area contributed by atoms with Crippen LogP contribution in [0, 0.1) is 5.82 Å². The van der Waals surface area contributed by atoms with E-state index in [1.807, 2.05) is 6.92 Å². The second-order valence-corrected chi connectivity index (χ2v) is 8.15. The lowest BCUT2D eigenvalue weighted by molar-refractivity contribution is -0.121. The molecule has 144 valence electrons. The van der Waals surface area contributed by atoms with Gasteiger partial charge in [-0.2, -0.15) is 0 Å². The van der Waals surface area contributed by atoms with Crippen molar-refractivity contribution in [2.75, 3.05) is 11.1 Å². The second kappa shape index (κ2) is 9.58. The third-order valence-corrected chi connectivity index (χ3v) is 5.92. The van der Waals surface area contributed by atoms with Gasteiger partial charge in [0.2, 0.25) is 11.8 Å². The Bertz CT molecular complexity index is 619. The van der Waals surface area contributed by atoms with Crippen molar-refractivity contribution in [1.29, 1.82) is 0 Å². The number of nitrogens with one attached hydrogen (secondary N) is 3. The fraction of sp³-hybridized carbons (Fsp3) is 0.556. The van der Waals surface area contributed by atoms with Crippen molar-refractivity contribution in [1.82, 2.24) is 10.6 Å². The molecule has 0 spiro atoms. The molecule has 2 saturated heterocycles. The van der Waals surface area contributed by atoms with E-state index >= 15 is 0 Å². The van der Waals surface area contributed by atoms with E-state index in [-0.39, 0.29) is 47.1 Å². The van der Waals surface area contributed by atoms with Gasteiger partial charge in [0.1, 0.15) is 5.82 Å². The molecule has 2 aliphatic heterocycles. The van der Waals surface area contributed by atoms with Crippen LogP contribution in [0.3, 0.4) is 0 Å². The maximum absolute atomic E-state index is 12.8. The van der Waals surface area contributed by atoms with Crippen LogP contribution in [-0.4, -0.2) is 40.9 Å². The Hall–Kier alpha value is -1.31. The second-order valence-electron chi connectivity index (χ2n) is 6.82. The third kappa shape index (κ3) is 5.86. The Morgan fingerprint density at radius 2 is 1.85 bits per heavy atom. The van der Waals surface area contributed by atoms with Crippen molar-refractivity contribution < 1.29 is 14.0 Å². The highest BCUT2D eigenvalue weighted by Crippen LogP contribution is 2.27. The van der Waals surface area contributed by atoms with Gasteiger partial charge in [-0.3, -0.25) is 9.59 Å². The predicted octanol–water partition coefficient (Wildman–Crippen LogP) is 2.71. The molecule has 2 heterocycles. The van der Waals surface area contributed by atoms with Crippen LogP contribution in [0.15, 0.2) is 24.3 Å². The number of amides is 2. The molecule has 2 amide bonds. The van der Waals surface area contributed by atoms with Crippen molar-refractivity contribution in [2.45, 2.75) is 56.0 Å². The number of anilines is 1. The number of carbonyl (C=O) groups is 2. The van der Waals surface area contributed by atoms with Crippen molar-refractivity contribution in [3.63, 3.8) is 0 Å². The largest absolute Gasteiger partial charge is 0.352 e. The molecule has 3 atom stereocenters. The Morgan fingerprint density at radius 3 is 2.46 bits per heavy atom.